The summed E-state index contributed by atoms with van der Waals surface area (Å²) in [6.45, 7) is 5.12. The van der Waals surface area contributed by atoms with Gasteiger partial charge < -0.3 is 15.0 Å². The van der Waals surface area contributed by atoms with Gasteiger partial charge in [-0.25, -0.2) is 4.31 Å². The summed E-state index contributed by atoms with van der Waals surface area (Å²) in [5.74, 6) is -0.209. The minimum atomic E-state index is -4.63. The number of ether oxygens (including phenoxy) is 1. The molecule has 1 amide bonds. The number of alkyl halides is 3. The summed E-state index contributed by atoms with van der Waals surface area (Å²) in [6.07, 6.45) is -0.713. The quantitative estimate of drug-likeness (QED) is 0.640. The maximum Gasteiger partial charge on any atom is 0.416 e. The van der Waals surface area contributed by atoms with Crippen LogP contribution in [0.2, 0.25) is 0 Å². The summed E-state index contributed by atoms with van der Waals surface area (Å²) in [5.41, 5.74) is -1.36. The number of amides is 1. The fourth-order valence-corrected chi connectivity index (χ4v) is 7.35. The third-order valence-electron chi connectivity index (χ3n) is 8.02. The highest BCUT2D eigenvalue weighted by Crippen LogP contribution is 2.49. The number of nitrogens with one attached hydrogen (secondary N) is 2. The van der Waals surface area contributed by atoms with Gasteiger partial charge in [-0.1, -0.05) is 13.8 Å². The molecule has 1 saturated heterocycles. The van der Waals surface area contributed by atoms with Crippen molar-refractivity contribution in [2.75, 3.05) is 28.9 Å². The second-order valence-electron chi connectivity index (χ2n) is 10.4. The normalized spacial score (nSPS) is 28.3. The third kappa shape index (κ3) is 4.27. The monoisotopic (exact) mass is 516 g/mol. The van der Waals surface area contributed by atoms with Gasteiger partial charge in [0.05, 0.1) is 22.4 Å². The standard InChI is InChI=1S/C23H31F3N4O4S/c1-14(2)22(6-3-18(11-22)27-17-4-7-34-8-5-17)21(31)29-12-15-9-16(23(24,25)26)10-19-20(15)30(13-29)35(32,33)28-19/h9-10,14,17-18,27-28H,3-8,11-13H2,1-2H3/t18-,22?/m1/s1. The van der Waals surface area contributed by atoms with Crippen LogP contribution in [0.4, 0.5) is 24.5 Å². The summed E-state index contributed by atoms with van der Waals surface area (Å²) >= 11 is 0. The van der Waals surface area contributed by atoms with Crippen molar-refractivity contribution in [3.63, 3.8) is 0 Å². The molecule has 0 radical (unpaired) electrons. The van der Waals surface area contributed by atoms with E-state index < -0.39 is 27.4 Å². The van der Waals surface area contributed by atoms with Crippen molar-refractivity contribution in [1.29, 1.82) is 0 Å². The number of carbonyl (C=O) groups excluding carboxylic acids is 1. The molecule has 2 fully saturated rings. The summed E-state index contributed by atoms with van der Waals surface area (Å²) in [4.78, 5) is 15.4. The van der Waals surface area contributed by atoms with E-state index in [9.17, 15) is 26.4 Å². The van der Waals surface area contributed by atoms with E-state index in [4.69, 9.17) is 4.74 Å². The molecule has 1 aromatic carbocycles. The van der Waals surface area contributed by atoms with E-state index in [1.54, 1.807) is 0 Å². The molecule has 0 bridgehead atoms. The fraction of sp³-hybridized carbons (Fsp3) is 0.696. The molecule has 3 heterocycles. The molecule has 35 heavy (non-hydrogen) atoms. The first-order valence-electron chi connectivity index (χ1n) is 12.1. The number of halogens is 3. The van der Waals surface area contributed by atoms with Gasteiger partial charge in [-0.2, -0.15) is 21.6 Å². The smallest absolute Gasteiger partial charge is 0.381 e. The Bertz CT molecular complexity index is 1120. The Balaban J connectivity index is 1.42. The maximum atomic E-state index is 14.0. The molecule has 1 aliphatic carbocycles. The molecule has 2 N–H and O–H groups in total. The van der Waals surface area contributed by atoms with Crippen LogP contribution in [0.1, 0.15) is 57.1 Å². The van der Waals surface area contributed by atoms with Gasteiger partial charge in [-0.05, 0) is 55.7 Å². The Hall–Kier alpha value is -2.05. The van der Waals surface area contributed by atoms with E-state index in [0.29, 0.717) is 32.1 Å². The zero-order valence-electron chi connectivity index (χ0n) is 19.8. The van der Waals surface area contributed by atoms with Crippen molar-refractivity contribution in [2.45, 2.75) is 70.8 Å². The number of anilines is 2. The zero-order valence-corrected chi connectivity index (χ0v) is 20.6. The highest BCUT2D eigenvalue weighted by molar-refractivity contribution is 7.94. The van der Waals surface area contributed by atoms with Crippen LogP contribution in [0.25, 0.3) is 0 Å². The van der Waals surface area contributed by atoms with Crippen molar-refractivity contribution in [3.8, 4) is 0 Å². The fourth-order valence-electron chi connectivity index (χ4n) is 6.05. The van der Waals surface area contributed by atoms with Gasteiger partial charge in [-0.15, -0.1) is 0 Å². The maximum absolute atomic E-state index is 14.0. The van der Waals surface area contributed by atoms with Gasteiger partial charge in [0, 0.05) is 31.8 Å². The molecule has 194 valence electrons. The van der Waals surface area contributed by atoms with Gasteiger partial charge in [0.25, 0.3) is 0 Å². The first-order chi connectivity index (χ1) is 16.4. The molecule has 0 spiro atoms. The third-order valence-corrected chi connectivity index (χ3v) is 9.37. The Morgan fingerprint density at radius 3 is 2.57 bits per heavy atom. The molecule has 0 aromatic heterocycles. The summed E-state index contributed by atoms with van der Waals surface area (Å²) in [7, 11) is -4.09. The van der Waals surface area contributed by atoms with Crippen LogP contribution < -0.4 is 14.3 Å². The van der Waals surface area contributed by atoms with E-state index in [1.807, 2.05) is 13.8 Å². The van der Waals surface area contributed by atoms with Gasteiger partial charge in [0.15, 0.2) is 0 Å². The van der Waals surface area contributed by atoms with Crippen LogP contribution in [-0.4, -0.2) is 51.2 Å². The first kappa shape index (κ1) is 24.6. The van der Waals surface area contributed by atoms with Gasteiger partial charge in [0.2, 0.25) is 5.91 Å². The average molecular weight is 517 g/mol. The number of nitrogens with zero attached hydrogens (tertiary/aromatic N) is 2. The highest BCUT2D eigenvalue weighted by atomic mass is 32.2. The lowest BCUT2D eigenvalue weighted by Gasteiger charge is -2.41. The molecule has 4 aliphatic rings. The number of hydrogen-bond donors (Lipinski definition) is 2. The number of rotatable bonds is 4. The number of carbonyl (C=O) groups is 1. The van der Waals surface area contributed by atoms with Crippen molar-refractivity contribution in [1.82, 2.24) is 10.2 Å². The van der Waals surface area contributed by atoms with Crippen molar-refractivity contribution >= 4 is 27.5 Å². The number of hydrogen-bond acceptors (Lipinski definition) is 5. The van der Waals surface area contributed by atoms with Crippen LogP contribution >= 0.6 is 0 Å². The van der Waals surface area contributed by atoms with E-state index in [0.717, 1.165) is 35.7 Å². The molecule has 1 unspecified atom stereocenters. The zero-order chi connectivity index (χ0) is 25.2. The highest BCUT2D eigenvalue weighted by Gasteiger charge is 2.52. The van der Waals surface area contributed by atoms with E-state index in [2.05, 4.69) is 10.0 Å². The van der Waals surface area contributed by atoms with Crippen LogP contribution in [-0.2, 0) is 32.5 Å². The molecule has 5 rings (SSSR count). The van der Waals surface area contributed by atoms with Crippen LogP contribution in [0.3, 0.4) is 0 Å². The van der Waals surface area contributed by atoms with Crippen LogP contribution in [0, 0.1) is 11.3 Å². The van der Waals surface area contributed by atoms with Crippen molar-refractivity contribution in [3.05, 3.63) is 23.3 Å². The Kier molecular flexibility index (Phi) is 5.99. The van der Waals surface area contributed by atoms with E-state index >= 15 is 0 Å². The summed E-state index contributed by atoms with van der Waals surface area (Å²) in [5, 5.41) is 3.67. The Morgan fingerprint density at radius 2 is 1.91 bits per heavy atom. The Morgan fingerprint density at radius 1 is 1.20 bits per heavy atom. The lowest BCUT2D eigenvalue weighted by molar-refractivity contribution is -0.145. The van der Waals surface area contributed by atoms with E-state index in [1.165, 1.54) is 4.90 Å². The summed E-state index contributed by atoms with van der Waals surface area (Å²) < 4.78 is 74.7. The Labute approximate surface area is 203 Å². The molecule has 1 saturated carbocycles. The van der Waals surface area contributed by atoms with E-state index in [-0.39, 0.29) is 48.0 Å². The van der Waals surface area contributed by atoms with Gasteiger partial charge in [0.1, 0.15) is 6.67 Å². The second-order valence-corrected chi connectivity index (χ2v) is 12.0. The van der Waals surface area contributed by atoms with Gasteiger partial charge >= 0.3 is 16.4 Å². The lowest BCUT2D eigenvalue weighted by Crippen LogP contribution is -2.53. The molecular weight excluding hydrogens is 485 g/mol. The van der Waals surface area contributed by atoms with Crippen molar-refractivity contribution in [2.24, 2.45) is 11.3 Å². The second kappa shape index (κ2) is 8.52. The average Bonchev–Trinajstić information content (AvgIpc) is 3.33. The molecule has 3 aliphatic heterocycles. The molecular formula is C23H31F3N4O4S. The van der Waals surface area contributed by atoms with Crippen LogP contribution in [0.15, 0.2) is 12.1 Å². The topological polar surface area (TPSA) is 91.0 Å². The predicted octanol–water partition coefficient (Wildman–Crippen LogP) is 3.45. The van der Waals surface area contributed by atoms with Crippen LogP contribution in [0.5, 0.6) is 0 Å². The summed E-state index contributed by atoms with van der Waals surface area (Å²) in [6, 6.07) is 2.27. The minimum Gasteiger partial charge on any atom is -0.381 e. The molecule has 8 nitrogen and oxygen atoms in total. The largest absolute Gasteiger partial charge is 0.416 e. The first-order valence-corrected chi connectivity index (χ1v) is 13.5. The molecule has 2 atom stereocenters. The molecule has 12 heteroatoms. The SMILES string of the molecule is CC(C)C1(C(=O)N2Cc3cc(C(F)(F)F)cc4c3N(C2)S(=O)(=O)N4)CC[C@@H](NC2CCOCC2)C1. The van der Waals surface area contributed by atoms with Gasteiger partial charge in [-0.3, -0.25) is 9.52 Å². The lowest BCUT2D eigenvalue weighted by atomic mass is 9.74. The van der Waals surface area contributed by atoms with Crippen molar-refractivity contribution < 1.29 is 31.1 Å². The molecule has 1 aromatic rings. The predicted molar refractivity (Wildman–Crippen MR) is 124 cm³/mol. The number of benzene rings is 1. The minimum absolute atomic E-state index is 0.0109.